The zero-order valence-corrected chi connectivity index (χ0v) is 10.3. The van der Waals surface area contributed by atoms with Crippen LogP contribution >= 0.6 is 0 Å². The maximum Gasteiger partial charge on any atom is 0.234 e. The van der Waals surface area contributed by atoms with Crippen molar-refractivity contribution in [1.29, 1.82) is 0 Å². The molecule has 0 aliphatic heterocycles. The first-order chi connectivity index (χ1) is 8.74. The topological polar surface area (TPSA) is 58.6 Å². The van der Waals surface area contributed by atoms with Crippen molar-refractivity contribution in [1.82, 2.24) is 10.2 Å². The van der Waals surface area contributed by atoms with Crippen LogP contribution in [-0.2, 0) is 17.9 Å². The van der Waals surface area contributed by atoms with Gasteiger partial charge in [0.2, 0.25) is 5.91 Å². The quantitative estimate of drug-likeness (QED) is 0.844. The minimum atomic E-state index is -0.0412. The normalized spacial score (nSPS) is 10.8. The van der Waals surface area contributed by atoms with Crippen molar-refractivity contribution >= 4 is 5.91 Å². The standard InChI is InChI=1S/C13H16N2O3/c1-15(9-12-5-3-7-18-12)10-13(16)14-8-11-4-2-6-17-11/h2-7H,8-10H2,1H3,(H,14,16). The fourth-order valence-corrected chi connectivity index (χ4v) is 1.62. The molecule has 18 heavy (non-hydrogen) atoms. The molecule has 0 saturated heterocycles. The van der Waals surface area contributed by atoms with E-state index < -0.39 is 0 Å². The van der Waals surface area contributed by atoms with Crippen LogP contribution in [0.25, 0.3) is 0 Å². The van der Waals surface area contributed by atoms with Gasteiger partial charge in [0, 0.05) is 0 Å². The van der Waals surface area contributed by atoms with Gasteiger partial charge in [0.25, 0.3) is 0 Å². The van der Waals surface area contributed by atoms with Gasteiger partial charge in [-0.1, -0.05) is 0 Å². The predicted octanol–water partition coefficient (Wildman–Crippen LogP) is 1.62. The molecular weight excluding hydrogens is 232 g/mol. The molecule has 2 aromatic heterocycles. The Labute approximate surface area is 105 Å². The van der Waals surface area contributed by atoms with E-state index in [2.05, 4.69) is 5.32 Å². The van der Waals surface area contributed by atoms with Crippen molar-refractivity contribution in [2.24, 2.45) is 0 Å². The number of carbonyl (C=O) groups excluding carboxylic acids is 1. The first kappa shape index (κ1) is 12.4. The molecule has 0 aliphatic carbocycles. The summed E-state index contributed by atoms with van der Waals surface area (Å²) < 4.78 is 10.3. The smallest absolute Gasteiger partial charge is 0.234 e. The maximum absolute atomic E-state index is 11.7. The number of likely N-dealkylation sites (N-methyl/N-ethyl adjacent to an activating group) is 1. The number of nitrogens with one attached hydrogen (secondary N) is 1. The summed E-state index contributed by atoms with van der Waals surface area (Å²) >= 11 is 0. The monoisotopic (exact) mass is 248 g/mol. The van der Waals surface area contributed by atoms with Crippen molar-refractivity contribution in [3.05, 3.63) is 48.3 Å². The summed E-state index contributed by atoms with van der Waals surface area (Å²) in [6.45, 7) is 1.35. The lowest BCUT2D eigenvalue weighted by Gasteiger charge is -2.14. The van der Waals surface area contributed by atoms with Crippen LogP contribution in [0.15, 0.2) is 45.6 Å². The highest BCUT2D eigenvalue weighted by Gasteiger charge is 2.08. The molecule has 1 N–H and O–H groups in total. The SMILES string of the molecule is CN(CC(=O)NCc1ccco1)Cc1ccco1. The molecule has 1 amide bonds. The van der Waals surface area contributed by atoms with Gasteiger partial charge >= 0.3 is 0 Å². The van der Waals surface area contributed by atoms with E-state index in [9.17, 15) is 4.79 Å². The van der Waals surface area contributed by atoms with E-state index in [1.165, 1.54) is 0 Å². The fourth-order valence-electron chi connectivity index (χ4n) is 1.62. The molecule has 0 unspecified atom stereocenters. The summed E-state index contributed by atoms with van der Waals surface area (Å²) in [4.78, 5) is 13.5. The second-order valence-electron chi connectivity index (χ2n) is 4.11. The van der Waals surface area contributed by atoms with Crippen molar-refractivity contribution in [2.45, 2.75) is 13.1 Å². The number of carbonyl (C=O) groups is 1. The zero-order valence-electron chi connectivity index (χ0n) is 10.3. The average Bonchev–Trinajstić information content (AvgIpc) is 2.98. The van der Waals surface area contributed by atoms with Crippen molar-refractivity contribution < 1.29 is 13.6 Å². The lowest BCUT2D eigenvalue weighted by atomic mass is 10.4. The molecule has 0 fully saturated rings. The Morgan fingerprint density at radius 2 is 1.89 bits per heavy atom. The highest BCUT2D eigenvalue weighted by molar-refractivity contribution is 5.77. The van der Waals surface area contributed by atoms with Crippen LogP contribution < -0.4 is 5.32 Å². The molecule has 0 aromatic carbocycles. The van der Waals surface area contributed by atoms with E-state index in [-0.39, 0.29) is 5.91 Å². The molecular formula is C13H16N2O3. The maximum atomic E-state index is 11.7. The van der Waals surface area contributed by atoms with Gasteiger partial charge in [-0.2, -0.15) is 0 Å². The van der Waals surface area contributed by atoms with E-state index in [0.29, 0.717) is 19.6 Å². The minimum Gasteiger partial charge on any atom is -0.468 e. The summed E-state index contributed by atoms with van der Waals surface area (Å²) in [5.74, 6) is 1.55. The second-order valence-corrected chi connectivity index (χ2v) is 4.11. The molecule has 5 nitrogen and oxygen atoms in total. The lowest BCUT2D eigenvalue weighted by Crippen LogP contribution is -2.34. The second kappa shape index (κ2) is 6.07. The predicted molar refractivity (Wildman–Crippen MR) is 65.6 cm³/mol. The van der Waals surface area contributed by atoms with E-state index >= 15 is 0 Å². The number of rotatable bonds is 6. The summed E-state index contributed by atoms with van der Waals surface area (Å²) in [7, 11) is 1.87. The largest absolute Gasteiger partial charge is 0.468 e. The molecule has 5 heteroatoms. The third-order valence-corrected chi connectivity index (χ3v) is 2.46. The van der Waals surface area contributed by atoms with Crippen LogP contribution in [0, 0.1) is 0 Å². The molecule has 2 heterocycles. The van der Waals surface area contributed by atoms with Crippen LogP contribution in [0.1, 0.15) is 11.5 Å². The Morgan fingerprint density at radius 1 is 1.22 bits per heavy atom. The Hall–Kier alpha value is -2.01. The number of hydrogen-bond acceptors (Lipinski definition) is 4. The molecule has 0 saturated carbocycles. The van der Waals surface area contributed by atoms with E-state index in [0.717, 1.165) is 11.5 Å². The molecule has 2 rings (SSSR count). The Bertz CT molecular complexity index is 462. The van der Waals surface area contributed by atoms with Gasteiger partial charge < -0.3 is 14.2 Å². The first-order valence-corrected chi connectivity index (χ1v) is 5.74. The zero-order chi connectivity index (χ0) is 12.8. The third-order valence-electron chi connectivity index (χ3n) is 2.46. The third kappa shape index (κ3) is 3.78. The highest BCUT2D eigenvalue weighted by Crippen LogP contribution is 2.03. The molecule has 0 aliphatic rings. The van der Waals surface area contributed by atoms with Crippen LogP contribution in [0.5, 0.6) is 0 Å². The molecule has 2 aromatic rings. The molecule has 0 radical (unpaired) electrons. The first-order valence-electron chi connectivity index (χ1n) is 5.74. The van der Waals surface area contributed by atoms with Gasteiger partial charge in [-0.3, -0.25) is 9.69 Å². The van der Waals surface area contributed by atoms with Crippen LogP contribution in [0.4, 0.5) is 0 Å². The minimum absolute atomic E-state index is 0.0412. The van der Waals surface area contributed by atoms with Gasteiger partial charge in [0.15, 0.2) is 0 Å². The average molecular weight is 248 g/mol. The van der Waals surface area contributed by atoms with E-state index in [4.69, 9.17) is 8.83 Å². The number of nitrogens with zero attached hydrogens (tertiary/aromatic N) is 1. The van der Waals surface area contributed by atoms with E-state index in [1.54, 1.807) is 18.6 Å². The van der Waals surface area contributed by atoms with Gasteiger partial charge in [0.1, 0.15) is 11.5 Å². The highest BCUT2D eigenvalue weighted by atomic mass is 16.3. The summed E-state index contributed by atoms with van der Waals surface area (Å²) in [6, 6.07) is 7.34. The number of amides is 1. The fraction of sp³-hybridized carbons (Fsp3) is 0.308. The molecule has 0 spiro atoms. The van der Waals surface area contributed by atoms with Gasteiger partial charge in [-0.25, -0.2) is 0 Å². The van der Waals surface area contributed by atoms with Crippen LogP contribution in [0.3, 0.4) is 0 Å². The van der Waals surface area contributed by atoms with Gasteiger partial charge in [-0.05, 0) is 31.3 Å². The van der Waals surface area contributed by atoms with Crippen LogP contribution in [0.2, 0.25) is 0 Å². The van der Waals surface area contributed by atoms with Gasteiger partial charge in [-0.15, -0.1) is 0 Å². The van der Waals surface area contributed by atoms with E-state index in [1.807, 2.05) is 30.1 Å². The summed E-state index contributed by atoms with van der Waals surface area (Å²) in [5.41, 5.74) is 0. The molecule has 0 atom stereocenters. The molecule has 0 bridgehead atoms. The molecule has 96 valence electrons. The Kier molecular flexibility index (Phi) is 4.20. The number of furan rings is 2. The number of hydrogen-bond donors (Lipinski definition) is 1. The van der Waals surface area contributed by atoms with Crippen LogP contribution in [-0.4, -0.2) is 24.4 Å². The van der Waals surface area contributed by atoms with Gasteiger partial charge in [0.05, 0.1) is 32.2 Å². The van der Waals surface area contributed by atoms with Crippen molar-refractivity contribution in [3.8, 4) is 0 Å². The van der Waals surface area contributed by atoms with Crippen molar-refractivity contribution in [2.75, 3.05) is 13.6 Å². The van der Waals surface area contributed by atoms with Crippen molar-refractivity contribution in [3.63, 3.8) is 0 Å². The summed E-state index contributed by atoms with van der Waals surface area (Å²) in [6.07, 6.45) is 3.21. The summed E-state index contributed by atoms with van der Waals surface area (Å²) in [5, 5.41) is 2.79. The Balaban J connectivity index is 1.70. The Morgan fingerprint density at radius 3 is 2.50 bits per heavy atom. The lowest BCUT2D eigenvalue weighted by molar-refractivity contribution is -0.122.